The Bertz CT molecular complexity index is 521. The Hall–Kier alpha value is 0.320. The van der Waals surface area contributed by atoms with Gasteiger partial charge < -0.3 is 10.2 Å². The number of nitrogens with one attached hydrogen (secondary N) is 1. The number of nitrogens with two attached hydrogens (primary N) is 2. The molecule has 5 N–H and O–H groups in total. The van der Waals surface area contributed by atoms with Gasteiger partial charge in [-0.1, -0.05) is 0 Å². The Morgan fingerprint density at radius 3 is 1.54 bits per heavy atom. The molecule has 0 amide bonds. The number of nitrogens with zero attached hydrogens (tertiary/aromatic N) is 1. The number of alkyl halides is 1. The Kier molecular flexibility index (Phi) is 17.9. The Morgan fingerprint density at radius 2 is 1.27 bits per heavy atom. The van der Waals surface area contributed by atoms with Gasteiger partial charge in [0.05, 0.1) is 11.5 Å². The third-order valence-corrected chi connectivity index (χ3v) is 5.60. The van der Waals surface area contributed by atoms with Crippen LogP contribution in [0.3, 0.4) is 0 Å². The van der Waals surface area contributed by atoms with Gasteiger partial charge in [-0.05, 0) is 71.2 Å². The van der Waals surface area contributed by atoms with Gasteiger partial charge in [0.2, 0.25) is 20.0 Å². The lowest BCUT2D eigenvalue weighted by molar-refractivity contribution is 0.179. The summed E-state index contributed by atoms with van der Waals surface area (Å²) in [5.74, 6) is 0.663. The third kappa shape index (κ3) is 22.4. The first kappa shape index (κ1) is 28.5. The molecule has 0 aromatic carbocycles. The van der Waals surface area contributed by atoms with E-state index in [9.17, 15) is 16.8 Å². The molecule has 0 aromatic heterocycles. The van der Waals surface area contributed by atoms with Crippen molar-refractivity contribution in [3.8, 4) is 0 Å². The summed E-state index contributed by atoms with van der Waals surface area (Å²) in [4.78, 5) is 2.32. The number of sulfonamides is 2. The molecule has 2 saturated heterocycles. The normalized spacial score (nSPS) is 16.6. The predicted octanol–water partition coefficient (Wildman–Crippen LogP) is 0.456. The molecule has 0 saturated carbocycles. The monoisotopic (exact) mass is 456 g/mol. The van der Waals surface area contributed by atoms with Crippen LogP contribution in [0, 0.1) is 0 Å². The van der Waals surface area contributed by atoms with Crippen molar-refractivity contribution in [2.24, 2.45) is 10.3 Å². The molecule has 2 aliphatic rings. The van der Waals surface area contributed by atoms with Crippen molar-refractivity contribution in [1.29, 1.82) is 0 Å². The van der Waals surface area contributed by atoms with E-state index < -0.39 is 20.0 Å². The van der Waals surface area contributed by atoms with Crippen molar-refractivity contribution in [2.45, 2.75) is 38.5 Å². The van der Waals surface area contributed by atoms with Crippen LogP contribution in [0.15, 0.2) is 0 Å². The molecular formula is C14H34Cl2N4O4S2. The maximum atomic E-state index is 10.5. The zero-order valence-electron chi connectivity index (χ0n) is 15.2. The molecule has 26 heavy (non-hydrogen) atoms. The molecule has 0 bridgehead atoms. The average molecular weight is 457 g/mol. The number of hydrogen-bond donors (Lipinski definition) is 3. The first-order valence-corrected chi connectivity index (χ1v) is 12.6. The molecule has 12 heteroatoms. The summed E-state index contributed by atoms with van der Waals surface area (Å²) < 4.78 is 41.5. The van der Waals surface area contributed by atoms with E-state index in [-0.39, 0.29) is 23.9 Å². The highest BCUT2D eigenvalue weighted by molar-refractivity contribution is 7.89. The highest BCUT2D eigenvalue weighted by Crippen LogP contribution is 2.06. The largest absolute Gasteiger partial charge is 0.317 e. The van der Waals surface area contributed by atoms with Gasteiger partial charge in [0.25, 0.3) is 0 Å². The molecule has 0 atom stereocenters. The van der Waals surface area contributed by atoms with E-state index in [0.29, 0.717) is 25.1 Å². The van der Waals surface area contributed by atoms with E-state index in [1.54, 1.807) is 0 Å². The first-order chi connectivity index (χ1) is 11.6. The quantitative estimate of drug-likeness (QED) is 0.340. The van der Waals surface area contributed by atoms with Crippen LogP contribution in [0.2, 0.25) is 0 Å². The summed E-state index contributed by atoms with van der Waals surface area (Å²) in [7, 11) is -6.48. The van der Waals surface area contributed by atoms with E-state index in [0.717, 1.165) is 13.0 Å². The molecule has 160 valence electrons. The summed E-state index contributed by atoms with van der Waals surface area (Å²) >= 11 is 5.29. The predicted molar refractivity (Wildman–Crippen MR) is 111 cm³/mol. The Balaban J connectivity index is 0. The van der Waals surface area contributed by atoms with Crippen molar-refractivity contribution in [3.63, 3.8) is 0 Å². The highest BCUT2D eigenvalue weighted by Gasteiger charge is 2.12. The minimum Gasteiger partial charge on any atom is -0.317 e. The number of halogens is 2. The minimum absolute atomic E-state index is 0. The fourth-order valence-electron chi connectivity index (χ4n) is 1.82. The number of primary sulfonamides is 2. The summed E-state index contributed by atoms with van der Waals surface area (Å²) in [6.07, 6.45) is 5.57. The van der Waals surface area contributed by atoms with Crippen molar-refractivity contribution in [1.82, 2.24) is 10.2 Å². The van der Waals surface area contributed by atoms with E-state index >= 15 is 0 Å². The highest BCUT2D eigenvalue weighted by atomic mass is 35.5. The van der Waals surface area contributed by atoms with E-state index in [2.05, 4.69) is 10.2 Å². The van der Waals surface area contributed by atoms with Crippen LogP contribution in [-0.4, -0.2) is 71.8 Å². The van der Waals surface area contributed by atoms with Crippen LogP contribution in [-0.2, 0) is 20.0 Å². The summed E-state index contributed by atoms with van der Waals surface area (Å²) in [6.45, 7) is 5.88. The molecular weight excluding hydrogens is 423 g/mol. The topological polar surface area (TPSA) is 136 Å². The second-order valence-corrected chi connectivity index (χ2v) is 9.98. The molecule has 0 unspecified atom stereocenters. The standard InChI is InChI=1S/C7H16N2O2S.C4H10ClNO2S.C3H7N.ClH/c8-12(10,11)7-2-1-4-9-5-3-6-9;5-3-1-2-4-9(6,7)8;1-2-4-3-1;/h1-7H2,(H2,8,10,11);1-4H2,(H2,6,7,8);4H,1-3H2;1H. The molecule has 0 aromatic rings. The molecule has 0 spiro atoms. The van der Waals surface area contributed by atoms with Crippen molar-refractivity contribution >= 4 is 44.1 Å². The second kappa shape index (κ2) is 16.3. The van der Waals surface area contributed by atoms with Gasteiger partial charge in [-0.2, -0.15) is 0 Å². The lowest BCUT2D eigenvalue weighted by Gasteiger charge is -2.30. The second-order valence-electron chi connectivity index (χ2n) is 6.14. The van der Waals surface area contributed by atoms with Gasteiger partial charge in [0.15, 0.2) is 0 Å². The average Bonchev–Trinajstić information content (AvgIpc) is 2.32. The third-order valence-electron chi connectivity index (χ3n) is 3.62. The maximum Gasteiger partial charge on any atom is 0.209 e. The maximum absolute atomic E-state index is 10.5. The Labute approximate surface area is 169 Å². The van der Waals surface area contributed by atoms with E-state index in [1.165, 1.54) is 39.0 Å². The molecule has 8 nitrogen and oxygen atoms in total. The van der Waals surface area contributed by atoms with Gasteiger partial charge >= 0.3 is 0 Å². The summed E-state index contributed by atoms with van der Waals surface area (Å²) in [6, 6.07) is 0. The summed E-state index contributed by atoms with van der Waals surface area (Å²) in [5.41, 5.74) is 0. The minimum atomic E-state index is -3.26. The lowest BCUT2D eigenvalue weighted by atomic mass is 10.2. The van der Waals surface area contributed by atoms with Crippen LogP contribution in [0.1, 0.15) is 38.5 Å². The van der Waals surface area contributed by atoms with Crippen molar-refractivity contribution in [2.75, 3.05) is 50.1 Å². The lowest BCUT2D eigenvalue weighted by Crippen LogP contribution is -2.37. The van der Waals surface area contributed by atoms with Crippen molar-refractivity contribution < 1.29 is 16.8 Å². The molecule has 0 radical (unpaired) electrons. The molecule has 2 fully saturated rings. The zero-order chi connectivity index (χ0) is 19.2. The summed E-state index contributed by atoms with van der Waals surface area (Å²) in [5, 5.41) is 12.7. The van der Waals surface area contributed by atoms with Crippen LogP contribution in [0.4, 0.5) is 0 Å². The van der Waals surface area contributed by atoms with Crippen molar-refractivity contribution in [3.05, 3.63) is 0 Å². The van der Waals surface area contributed by atoms with Crippen LogP contribution in [0.5, 0.6) is 0 Å². The van der Waals surface area contributed by atoms with Gasteiger partial charge in [0.1, 0.15) is 0 Å². The van der Waals surface area contributed by atoms with E-state index in [1.807, 2.05) is 0 Å². The van der Waals surface area contributed by atoms with Crippen LogP contribution in [0.25, 0.3) is 0 Å². The number of hydrogen-bond acceptors (Lipinski definition) is 6. The molecule has 2 rings (SSSR count). The smallest absolute Gasteiger partial charge is 0.209 e. The molecule has 2 heterocycles. The number of rotatable bonds is 9. The van der Waals surface area contributed by atoms with Crippen LogP contribution >= 0.6 is 24.0 Å². The number of unbranched alkanes of at least 4 members (excludes halogenated alkanes) is 2. The van der Waals surface area contributed by atoms with Gasteiger partial charge in [-0.25, -0.2) is 27.1 Å². The van der Waals surface area contributed by atoms with Gasteiger partial charge in [-0.3, -0.25) is 0 Å². The van der Waals surface area contributed by atoms with Crippen LogP contribution < -0.4 is 15.6 Å². The fraction of sp³-hybridized carbons (Fsp3) is 1.00. The SMILES string of the molecule is C1CNC1.Cl.NS(=O)(=O)CCCCCl.NS(=O)(=O)CCCCN1CCC1. The Morgan fingerprint density at radius 1 is 0.846 bits per heavy atom. The number of likely N-dealkylation sites (tertiary alicyclic amines) is 1. The zero-order valence-corrected chi connectivity index (χ0v) is 18.4. The molecule has 0 aliphatic carbocycles. The fourth-order valence-corrected chi connectivity index (χ4v) is 3.22. The first-order valence-electron chi connectivity index (χ1n) is 8.64. The van der Waals surface area contributed by atoms with Gasteiger partial charge in [0, 0.05) is 5.88 Å². The van der Waals surface area contributed by atoms with Gasteiger partial charge in [-0.15, -0.1) is 24.0 Å². The molecule has 2 aliphatic heterocycles. The van der Waals surface area contributed by atoms with E-state index in [4.69, 9.17) is 21.9 Å².